The van der Waals surface area contributed by atoms with Gasteiger partial charge in [-0.05, 0) is 65.3 Å². The van der Waals surface area contributed by atoms with Crippen LogP contribution >= 0.6 is 0 Å². The average molecular weight is 480 g/mol. The quantitative estimate of drug-likeness (QED) is 0.573. The number of hydrogen-bond donors (Lipinski definition) is 0. The van der Waals surface area contributed by atoms with Gasteiger partial charge in [0.15, 0.2) is 0 Å². The number of rotatable bonds is 7. The second-order valence-corrected chi connectivity index (χ2v) is 10.9. The molecule has 0 aromatic heterocycles. The van der Waals surface area contributed by atoms with Gasteiger partial charge < -0.3 is 14.5 Å². The molecule has 0 saturated carbocycles. The average Bonchev–Trinajstić information content (AvgIpc) is 2.83. The zero-order valence-corrected chi connectivity index (χ0v) is 22.2. The van der Waals surface area contributed by atoms with Crippen molar-refractivity contribution in [2.75, 3.05) is 40.8 Å². The Bertz CT molecular complexity index is 962. The summed E-state index contributed by atoms with van der Waals surface area (Å²) in [6.45, 7) is 7.24. The number of benzene rings is 2. The van der Waals surface area contributed by atoms with E-state index in [-0.39, 0.29) is 17.4 Å². The van der Waals surface area contributed by atoms with Gasteiger partial charge in [-0.2, -0.15) is 0 Å². The Hall–Kier alpha value is -2.86. The summed E-state index contributed by atoms with van der Waals surface area (Å²) in [4.78, 5) is 32.2. The van der Waals surface area contributed by atoms with Crippen molar-refractivity contribution in [1.29, 1.82) is 0 Å². The number of hydrogen-bond acceptors (Lipinski definition) is 4. The van der Waals surface area contributed by atoms with Crippen molar-refractivity contribution in [2.45, 2.75) is 51.2 Å². The van der Waals surface area contributed by atoms with Gasteiger partial charge in [0.25, 0.3) is 0 Å². The number of ether oxygens (including phenoxy) is 1. The van der Waals surface area contributed by atoms with E-state index in [0.29, 0.717) is 26.1 Å². The second kappa shape index (κ2) is 11.3. The maximum atomic E-state index is 13.8. The van der Waals surface area contributed by atoms with Gasteiger partial charge in [-0.3, -0.25) is 9.69 Å². The van der Waals surface area contributed by atoms with Crippen LogP contribution in [0.5, 0.6) is 0 Å². The van der Waals surface area contributed by atoms with Crippen LogP contribution in [0.25, 0.3) is 0 Å². The lowest BCUT2D eigenvalue weighted by Crippen LogP contribution is -2.53. The van der Waals surface area contributed by atoms with Gasteiger partial charge in [-0.1, -0.05) is 60.7 Å². The summed E-state index contributed by atoms with van der Waals surface area (Å²) in [6, 6.07) is 20.6. The van der Waals surface area contributed by atoms with Crippen LogP contribution in [0.2, 0.25) is 0 Å². The van der Waals surface area contributed by atoms with E-state index >= 15 is 0 Å². The molecule has 0 bridgehead atoms. The van der Waals surface area contributed by atoms with Gasteiger partial charge in [0, 0.05) is 32.2 Å². The Morgan fingerprint density at radius 1 is 0.943 bits per heavy atom. The van der Waals surface area contributed by atoms with Crippen LogP contribution < -0.4 is 0 Å². The van der Waals surface area contributed by atoms with Gasteiger partial charge in [0.2, 0.25) is 5.91 Å². The minimum atomic E-state index is -0.579. The molecule has 1 heterocycles. The van der Waals surface area contributed by atoms with Crippen LogP contribution in [-0.2, 0) is 21.5 Å². The highest BCUT2D eigenvalue weighted by atomic mass is 16.6. The van der Waals surface area contributed by atoms with E-state index < -0.39 is 11.7 Å². The zero-order chi connectivity index (χ0) is 25.6. The van der Waals surface area contributed by atoms with Crippen molar-refractivity contribution in [3.8, 4) is 0 Å². The summed E-state index contributed by atoms with van der Waals surface area (Å²) in [5.74, 6) is -0.233. The standard InChI is InChI=1S/C29H41N3O3/c1-28(2,3)35-27(34)31(6)22-24(21-23-13-9-7-10-14-23)26(33)32-19-17-29(18-20-32,30(4)5)25-15-11-8-12-16-25/h7-16,24H,17-22H2,1-6H3/t24-/m0/s1. The van der Waals surface area contributed by atoms with E-state index in [1.165, 1.54) is 10.5 Å². The molecule has 0 N–H and O–H groups in total. The van der Waals surface area contributed by atoms with Crippen molar-refractivity contribution in [1.82, 2.24) is 14.7 Å². The first-order chi connectivity index (χ1) is 16.5. The molecule has 3 rings (SSSR count). The van der Waals surface area contributed by atoms with Crippen molar-refractivity contribution in [3.63, 3.8) is 0 Å². The molecule has 0 aliphatic carbocycles. The molecule has 2 aromatic carbocycles. The molecule has 6 nitrogen and oxygen atoms in total. The summed E-state index contributed by atoms with van der Waals surface area (Å²) < 4.78 is 5.54. The predicted molar refractivity (Wildman–Crippen MR) is 140 cm³/mol. The Morgan fingerprint density at radius 3 is 2.00 bits per heavy atom. The summed E-state index contributed by atoms with van der Waals surface area (Å²) in [7, 11) is 5.96. The SMILES string of the molecule is CN(C[C@H](Cc1ccccc1)C(=O)N1CCC(c2ccccc2)(N(C)C)CC1)C(=O)OC(C)(C)C. The molecule has 1 aliphatic rings. The Labute approximate surface area is 210 Å². The molecule has 6 heteroatoms. The van der Waals surface area contributed by atoms with Gasteiger partial charge in [-0.25, -0.2) is 4.79 Å². The molecule has 0 spiro atoms. The highest BCUT2D eigenvalue weighted by Gasteiger charge is 2.40. The van der Waals surface area contributed by atoms with Crippen LogP contribution in [-0.4, -0.2) is 73.1 Å². The largest absolute Gasteiger partial charge is 0.444 e. The van der Waals surface area contributed by atoms with Gasteiger partial charge in [-0.15, -0.1) is 0 Å². The van der Waals surface area contributed by atoms with Crippen LogP contribution in [0.3, 0.4) is 0 Å². The number of nitrogens with zero attached hydrogens (tertiary/aromatic N) is 3. The fourth-order valence-corrected chi connectivity index (χ4v) is 4.97. The zero-order valence-electron chi connectivity index (χ0n) is 22.2. The number of carbonyl (C=O) groups is 2. The van der Waals surface area contributed by atoms with E-state index in [9.17, 15) is 9.59 Å². The van der Waals surface area contributed by atoms with E-state index in [2.05, 4.69) is 43.3 Å². The van der Waals surface area contributed by atoms with Crippen molar-refractivity contribution >= 4 is 12.0 Å². The number of piperidine rings is 1. The molecule has 1 atom stereocenters. The first-order valence-electron chi connectivity index (χ1n) is 12.5. The van der Waals surface area contributed by atoms with Crippen molar-refractivity contribution in [3.05, 3.63) is 71.8 Å². The third-order valence-corrected chi connectivity index (χ3v) is 6.94. The highest BCUT2D eigenvalue weighted by molar-refractivity contribution is 5.80. The van der Waals surface area contributed by atoms with E-state index in [1.54, 1.807) is 7.05 Å². The molecule has 190 valence electrons. The monoisotopic (exact) mass is 479 g/mol. The number of likely N-dealkylation sites (tertiary alicyclic amines) is 1. The third-order valence-electron chi connectivity index (χ3n) is 6.94. The van der Waals surface area contributed by atoms with Gasteiger partial charge in [0.05, 0.1) is 5.92 Å². The van der Waals surface area contributed by atoms with Crippen LogP contribution in [0.4, 0.5) is 4.79 Å². The molecule has 2 amide bonds. The topological polar surface area (TPSA) is 53.1 Å². The molecule has 1 fully saturated rings. The van der Waals surface area contributed by atoms with Crippen LogP contribution in [0.15, 0.2) is 60.7 Å². The number of carbonyl (C=O) groups excluding carboxylic acids is 2. The van der Waals surface area contributed by atoms with Crippen LogP contribution in [0, 0.1) is 5.92 Å². The highest BCUT2D eigenvalue weighted by Crippen LogP contribution is 2.37. The lowest BCUT2D eigenvalue weighted by atomic mass is 9.79. The smallest absolute Gasteiger partial charge is 0.410 e. The fourth-order valence-electron chi connectivity index (χ4n) is 4.97. The molecular weight excluding hydrogens is 438 g/mol. The Kier molecular flexibility index (Phi) is 8.60. The van der Waals surface area contributed by atoms with Gasteiger partial charge >= 0.3 is 6.09 Å². The van der Waals surface area contributed by atoms with E-state index in [1.807, 2.05) is 62.1 Å². The normalized spacial score (nSPS) is 16.6. The molecule has 35 heavy (non-hydrogen) atoms. The predicted octanol–water partition coefficient (Wildman–Crippen LogP) is 4.79. The maximum absolute atomic E-state index is 13.8. The second-order valence-electron chi connectivity index (χ2n) is 10.9. The summed E-state index contributed by atoms with van der Waals surface area (Å²) in [5.41, 5.74) is 1.72. The summed E-state index contributed by atoms with van der Waals surface area (Å²) in [5, 5.41) is 0. The Balaban J connectivity index is 1.75. The lowest BCUT2D eigenvalue weighted by molar-refractivity contribution is -0.138. The molecular formula is C29H41N3O3. The maximum Gasteiger partial charge on any atom is 0.410 e. The van der Waals surface area contributed by atoms with Crippen molar-refractivity contribution < 1.29 is 14.3 Å². The molecule has 0 radical (unpaired) electrons. The minimum Gasteiger partial charge on any atom is -0.444 e. The molecule has 1 saturated heterocycles. The molecule has 1 aliphatic heterocycles. The molecule has 0 unspecified atom stereocenters. The van der Waals surface area contributed by atoms with E-state index in [0.717, 1.165) is 18.4 Å². The van der Waals surface area contributed by atoms with Crippen molar-refractivity contribution in [2.24, 2.45) is 5.92 Å². The molecule has 2 aromatic rings. The summed E-state index contributed by atoms with van der Waals surface area (Å²) >= 11 is 0. The number of amides is 2. The van der Waals surface area contributed by atoms with Crippen LogP contribution in [0.1, 0.15) is 44.7 Å². The van der Waals surface area contributed by atoms with E-state index in [4.69, 9.17) is 4.74 Å². The van der Waals surface area contributed by atoms with Gasteiger partial charge in [0.1, 0.15) is 5.60 Å². The Morgan fingerprint density at radius 2 is 1.49 bits per heavy atom. The third kappa shape index (κ3) is 6.85. The minimum absolute atomic E-state index is 0.0831. The lowest BCUT2D eigenvalue weighted by Gasteiger charge is -2.47. The first kappa shape index (κ1) is 26.7. The fraction of sp³-hybridized carbons (Fsp3) is 0.517. The first-order valence-corrected chi connectivity index (χ1v) is 12.5. The summed E-state index contributed by atoms with van der Waals surface area (Å²) in [6.07, 6.45) is 1.92.